The molecular weight excluding hydrogens is 457 g/mol. The molecule has 2 unspecified atom stereocenters. The summed E-state index contributed by atoms with van der Waals surface area (Å²) in [6.45, 7) is 5.63. The van der Waals surface area contributed by atoms with Crippen molar-refractivity contribution in [2.75, 3.05) is 13.2 Å². The third-order valence-electron chi connectivity index (χ3n) is 4.95. The van der Waals surface area contributed by atoms with E-state index in [2.05, 4.69) is 15.5 Å². The van der Waals surface area contributed by atoms with Crippen molar-refractivity contribution in [1.29, 1.82) is 0 Å². The smallest absolute Gasteiger partial charge is 0.377 e. The lowest BCUT2D eigenvalue weighted by molar-refractivity contribution is -0.155. The second-order valence-corrected chi connectivity index (χ2v) is 7.84. The van der Waals surface area contributed by atoms with Crippen LogP contribution in [0.15, 0.2) is 30.6 Å². The van der Waals surface area contributed by atoms with Crippen LogP contribution in [0, 0.1) is 6.92 Å². The predicted molar refractivity (Wildman–Crippen MR) is 113 cm³/mol. The molecule has 34 heavy (non-hydrogen) atoms. The summed E-state index contributed by atoms with van der Waals surface area (Å²) in [5.41, 5.74) is 3.86. The van der Waals surface area contributed by atoms with Crippen LogP contribution in [0.5, 0.6) is 0 Å². The van der Waals surface area contributed by atoms with Crippen molar-refractivity contribution in [3.05, 3.63) is 41.7 Å². The number of rotatable bonds is 3. The maximum Gasteiger partial charge on any atom is 0.416 e. The van der Waals surface area contributed by atoms with E-state index < -0.39 is 29.5 Å². The molecule has 0 aliphatic carbocycles. The first-order valence-corrected chi connectivity index (χ1v) is 10.2. The Balaban J connectivity index is 1.59. The van der Waals surface area contributed by atoms with Gasteiger partial charge in [0.15, 0.2) is 5.82 Å². The number of aromatic nitrogens is 3. The standard InChI is InChI=1S/C21H23F3N6O4/c1-12-6-15(8-16(7-12)21(22,23)24)18-25-11-29(28-18)5-4-17(31)26-27-19(32)20(33)30-13(2)9-34-10-14(30)3/h4-8,11,13-14H,9-10H2,1-3H3,(H,26,31)(H,27,32)/b5-4-. The van der Waals surface area contributed by atoms with Gasteiger partial charge in [0.1, 0.15) is 6.33 Å². The zero-order valence-corrected chi connectivity index (χ0v) is 18.6. The molecule has 1 fully saturated rings. The van der Waals surface area contributed by atoms with E-state index in [0.717, 1.165) is 22.9 Å². The molecule has 2 heterocycles. The number of hydrogen-bond donors (Lipinski definition) is 2. The highest BCUT2D eigenvalue weighted by Gasteiger charge is 2.33. The third kappa shape index (κ3) is 5.98. The second-order valence-electron chi connectivity index (χ2n) is 7.84. The highest BCUT2D eigenvalue weighted by molar-refractivity contribution is 6.35. The van der Waals surface area contributed by atoms with Gasteiger partial charge in [-0.1, -0.05) is 0 Å². The van der Waals surface area contributed by atoms with Gasteiger partial charge in [0.05, 0.1) is 30.9 Å². The molecule has 13 heteroatoms. The number of amides is 3. The third-order valence-corrected chi connectivity index (χ3v) is 4.95. The number of ether oxygens (including phenoxy) is 1. The Hall–Kier alpha value is -3.74. The van der Waals surface area contributed by atoms with Crippen molar-refractivity contribution in [3.63, 3.8) is 0 Å². The summed E-state index contributed by atoms with van der Waals surface area (Å²) in [5.74, 6) is -2.54. The molecule has 1 aromatic carbocycles. The van der Waals surface area contributed by atoms with Crippen LogP contribution in [0.3, 0.4) is 0 Å². The number of benzene rings is 1. The topological polar surface area (TPSA) is 118 Å². The molecule has 1 saturated heterocycles. The molecule has 1 aromatic heterocycles. The average Bonchev–Trinajstić information content (AvgIpc) is 3.24. The molecule has 1 aliphatic rings. The summed E-state index contributed by atoms with van der Waals surface area (Å²) >= 11 is 0. The summed E-state index contributed by atoms with van der Waals surface area (Å²) in [5, 5.41) is 4.03. The number of alkyl halides is 3. The largest absolute Gasteiger partial charge is 0.416 e. The summed E-state index contributed by atoms with van der Waals surface area (Å²) in [4.78, 5) is 41.8. The maximum absolute atomic E-state index is 13.0. The van der Waals surface area contributed by atoms with Gasteiger partial charge in [-0.2, -0.15) is 13.2 Å². The fraction of sp³-hybridized carbons (Fsp3) is 0.381. The molecule has 0 saturated carbocycles. The van der Waals surface area contributed by atoms with Gasteiger partial charge < -0.3 is 9.64 Å². The number of halogens is 3. The minimum absolute atomic E-state index is 0.0342. The van der Waals surface area contributed by atoms with Crippen LogP contribution < -0.4 is 10.9 Å². The fourth-order valence-electron chi connectivity index (χ4n) is 3.43. The molecule has 0 radical (unpaired) electrons. The highest BCUT2D eigenvalue weighted by Crippen LogP contribution is 2.32. The number of nitrogens with zero attached hydrogens (tertiary/aromatic N) is 4. The van der Waals surface area contributed by atoms with Crippen LogP contribution in [0.25, 0.3) is 17.6 Å². The molecule has 0 bridgehead atoms. The van der Waals surface area contributed by atoms with Crippen LogP contribution in [0.1, 0.15) is 25.0 Å². The quantitative estimate of drug-likeness (QED) is 0.391. The van der Waals surface area contributed by atoms with Crippen molar-refractivity contribution in [2.45, 2.75) is 39.0 Å². The highest BCUT2D eigenvalue weighted by atomic mass is 19.4. The second kappa shape index (κ2) is 10.0. The Labute approximate surface area is 192 Å². The van der Waals surface area contributed by atoms with Gasteiger partial charge >= 0.3 is 18.0 Å². The van der Waals surface area contributed by atoms with Crippen LogP contribution in [-0.4, -0.2) is 62.7 Å². The van der Waals surface area contributed by atoms with Gasteiger partial charge in [0, 0.05) is 17.8 Å². The zero-order chi connectivity index (χ0) is 25.0. The number of carbonyl (C=O) groups is 3. The van der Waals surface area contributed by atoms with Crippen LogP contribution >= 0.6 is 0 Å². The Morgan fingerprint density at radius 2 is 1.79 bits per heavy atom. The summed E-state index contributed by atoms with van der Waals surface area (Å²) in [7, 11) is 0. The Kier molecular flexibility index (Phi) is 7.35. The molecule has 3 rings (SSSR count). The van der Waals surface area contributed by atoms with E-state index in [1.165, 1.54) is 30.4 Å². The van der Waals surface area contributed by atoms with E-state index in [9.17, 15) is 27.6 Å². The van der Waals surface area contributed by atoms with Crippen molar-refractivity contribution in [2.24, 2.45) is 0 Å². The van der Waals surface area contributed by atoms with E-state index in [-0.39, 0.29) is 23.5 Å². The monoisotopic (exact) mass is 480 g/mol. The summed E-state index contributed by atoms with van der Waals surface area (Å²) in [6.07, 6.45) is -1.12. The molecule has 182 valence electrons. The van der Waals surface area contributed by atoms with E-state index in [0.29, 0.717) is 18.8 Å². The lowest BCUT2D eigenvalue weighted by Gasteiger charge is -2.38. The van der Waals surface area contributed by atoms with Gasteiger partial charge in [0.25, 0.3) is 5.91 Å². The average molecular weight is 480 g/mol. The molecule has 2 aromatic rings. The first kappa shape index (κ1) is 24.9. The molecule has 1 aliphatic heterocycles. The summed E-state index contributed by atoms with van der Waals surface area (Å²) in [6, 6.07) is 2.88. The summed E-state index contributed by atoms with van der Waals surface area (Å²) < 4.78 is 45.6. The SMILES string of the molecule is Cc1cc(-c2ncn(/C=C\C(=O)NNC(=O)C(=O)N3C(C)COCC3C)n2)cc(C(F)(F)F)c1. The first-order chi connectivity index (χ1) is 16.0. The van der Waals surface area contributed by atoms with Gasteiger partial charge in [0.2, 0.25) is 0 Å². The minimum atomic E-state index is -4.51. The lowest BCUT2D eigenvalue weighted by Crippen LogP contribution is -2.58. The van der Waals surface area contributed by atoms with E-state index in [4.69, 9.17) is 4.74 Å². The van der Waals surface area contributed by atoms with E-state index in [1.807, 2.05) is 5.43 Å². The first-order valence-electron chi connectivity index (χ1n) is 10.2. The zero-order valence-electron chi connectivity index (χ0n) is 18.6. The number of morpholine rings is 1. The molecule has 0 spiro atoms. The Morgan fingerprint density at radius 3 is 2.44 bits per heavy atom. The molecule has 3 amide bonds. The van der Waals surface area contributed by atoms with Gasteiger partial charge in [-0.3, -0.25) is 25.2 Å². The number of nitrogens with one attached hydrogen (secondary N) is 2. The van der Waals surface area contributed by atoms with Crippen LogP contribution in [0.2, 0.25) is 0 Å². The number of hydrogen-bond acceptors (Lipinski definition) is 6. The van der Waals surface area contributed by atoms with Crippen molar-refractivity contribution >= 4 is 23.9 Å². The Morgan fingerprint density at radius 1 is 1.12 bits per heavy atom. The molecular formula is C21H23F3N6O4. The fourth-order valence-corrected chi connectivity index (χ4v) is 3.43. The lowest BCUT2D eigenvalue weighted by atomic mass is 10.1. The van der Waals surface area contributed by atoms with E-state index >= 15 is 0 Å². The van der Waals surface area contributed by atoms with Crippen LogP contribution in [-0.2, 0) is 25.3 Å². The maximum atomic E-state index is 13.0. The molecule has 10 nitrogen and oxygen atoms in total. The molecule has 2 N–H and O–H groups in total. The number of carbonyl (C=O) groups excluding carboxylic acids is 3. The van der Waals surface area contributed by atoms with Crippen molar-refractivity contribution in [1.82, 2.24) is 30.5 Å². The van der Waals surface area contributed by atoms with Gasteiger partial charge in [-0.25, -0.2) is 9.67 Å². The van der Waals surface area contributed by atoms with Crippen LogP contribution in [0.4, 0.5) is 13.2 Å². The van der Waals surface area contributed by atoms with E-state index in [1.54, 1.807) is 13.8 Å². The molecule has 2 atom stereocenters. The number of hydrazine groups is 1. The van der Waals surface area contributed by atoms with Crippen molar-refractivity contribution < 1.29 is 32.3 Å². The normalized spacial score (nSPS) is 18.7. The predicted octanol–water partition coefficient (Wildman–Crippen LogP) is 1.53. The van der Waals surface area contributed by atoms with Gasteiger partial charge in [-0.05, 0) is 44.5 Å². The van der Waals surface area contributed by atoms with Gasteiger partial charge in [-0.15, -0.1) is 5.10 Å². The van der Waals surface area contributed by atoms with Crippen molar-refractivity contribution in [3.8, 4) is 11.4 Å². The minimum Gasteiger partial charge on any atom is -0.377 e. The number of aryl methyl sites for hydroxylation is 1. The Bertz CT molecular complexity index is 1100.